The van der Waals surface area contributed by atoms with Gasteiger partial charge in [-0.1, -0.05) is 28.9 Å². The van der Waals surface area contributed by atoms with E-state index in [1.807, 2.05) is 19.1 Å². The predicted octanol–water partition coefficient (Wildman–Crippen LogP) is 3.59. The highest BCUT2D eigenvalue weighted by molar-refractivity contribution is 9.10. The zero-order valence-electron chi connectivity index (χ0n) is 9.17. The summed E-state index contributed by atoms with van der Waals surface area (Å²) in [5.74, 6) is -0.0544. The van der Waals surface area contributed by atoms with E-state index in [-0.39, 0.29) is 11.3 Å². The highest BCUT2D eigenvalue weighted by Gasteiger charge is 2.06. The van der Waals surface area contributed by atoms with Crippen molar-refractivity contribution in [2.24, 2.45) is 0 Å². The quantitative estimate of drug-likeness (QED) is 0.828. The summed E-state index contributed by atoms with van der Waals surface area (Å²) in [5.41, 5.74) is 0.664. The van der Waals surface area contributed by atoms with Crippen LogP contribution < -0.4 is 5.32 Å². The first-order chi connectivity index (χ1) is 7.63. The van der Waals surface area contributed by atoms with Crippen molar-refractivity contribution < 1.29 is 4.79 Å². The van der Waals surface area contributed by atoms with Crippen LogP contribution in [0.4, 0.5) is 0 Å². The zero-order valence-corrected chi connectivity index (χ0v) is 11.5. The maximum absolute atomic E-state index is 11.7. The Labute approximate surface area is 110 Å². The third-order valence-electron chi connectivity index (χ3n) is 2.27. The Hall–Kier alpha value is -0.540. The zero-order chi connectivity index (χ0) is 12.0. The van der Waals surface area contributed by atoms with Crippen LogP contribution in [0.2, 0.25) is 0 Å². The highest BCUT2D eigenvalue weighted by Crippen LogP contribution is 2.11. The van der Waals surface area contributed by atoms with Crippen molar-refractivity contribution in [1.29, 1.82) is 0 Å². The lowest BCUT2D eigenvalue weighted by Crippen LogP contribution is -2.26. The third-order valence-corrected chi connectivity index (χ3v) is 3.29. The van der Waals surface area contributed by atoms with E-state index in [0.717, 1.165) is 17.3 Å². The molecular weight excluding hydrogens is 289 g/mol. The molecule has 1 amide bonds. The fourth-order valence-corrected chi connectivity index (χ4v) is 1.79. The van der Waals surface area contributed by atoms with Crippen LogP contribution in [0.1, 0.15) is 30.1 Å². The SMILES string of the molecule is CCC(Cl)CCNC(=O)c1cccc(Br)c1. The molecule has 16 heavy (non-hydrogen) atoms. The van der Waals surface area contributed by atoms with Gasteiger partial charge in [-0.25, -0.2) is 0 Å². The van der Waals surface area contributed by atoms with Gasteiger partial charge in [0.05, 0.1) is 0 Å². The lowest BCUT2D eigenvalue weighted by molar-refractivity contribution is 0.0953. The number of hydrogen-bond donors (Lipinski definition) is 1. The van der Waals surface area contributed by atoms with Crippen molar-refractivity contribution in [3.63, 3.8) is 0 Å². The Balaban J connectivity index is 2.41. The van der Waals surface area contributed by atoms with E-state index in [0.29, 0.717) is 12.1 Å². The Bertz CT molecular complexity index is 357. The first-order valence-electron chi connectivity index (χ1n) is 5.31. The average molecular weight is 305 g/mol. The topological polar surface area (TPSA) is 29.1 Å². The normalized spacial score (nSPS) is 12.2. The standard InChI is InChI=1S/C12H15BrClNO/c1-2-11(14)6-7-15-12(16)9-4-3-5-10(13)8-9/h3-5,8,11H,2,6-7H2,1H3,(H,15,16). The van der Waals surface area contributed by atoms with E-state index in [9.17, 15) is 4.79 Å². The maximum Gasteiger partial charge on any atom is 0.251 e. The average Bonchev–Trinajstić information content (AvgIpc) is 2.28. The van der Waals surface area contributed by atoms with Crippen LogP contribution in [-0.4, -0.2) is 17.8 Å². The van der Waals surface area contributed by atoms with Crippen molar-refractivity contribution in [1.82, 2.24) is 5.32 Å². The Morgan fingerprint density at radius 2 is 2.31 bits per heavy atom. The van der Waals surface area contributed by atoms with Crippen molar-refractivity contribution in [2.45, 2.75) is 25.1 Å². The van der Waals surface area contributed by atoms with Gasteiger partial charge >= 0.3 is 0 Å². The first-order valence-corrected chi connectivity index (χ1v) is 6.54. The Kier molecular flexibility index (Phi) is 5.85. The molecule has 0 heterocycles. The number of carbonyl (C=O) groups excluding carboxylic acids is 1. The van der Waals surface area contributed by atoms with Gasteiger partial charge in [0.25, 0.3) is 5.91 Å². The van der Waals surface area contributed by atoms with Gasteiger partial charge in [-0.15, -0.1) is 11.6 Å². The largest absolute Gasteiger partial charge is 0.352 e. The fourth-order valence-electron chi connectivity index (χ4n) is 1.28. The number of hydrogen-bond acceptors (Lipinski definition) is 1. The molecule has 0 aromatic heterocycles. The molecule has 4 heteroatoms. The van der Waals surface area contributed by atoms with E-state index in [4.69, 9.17) is 11.6 Å². The molecule has 0 radical (unpaired) electrons. The van der Waals surface area contributed by atoms with Crippen molar-refractivity contribution in [3.8, 4) is 0 Å². The van der Waals surface area contributed by atoms with Crippen molar-refractivity contribution in [3.05, 3.63) is 34.3 Å². The molecule has 1 unspecified atom stereocenters. The van der Waals surface area contributed by atoms with Crippen LogP contribution in [0, 0.1) is 0 Å². The minimum atomic E-state index is -0.0544. The molecule has 0 aliphatic rings. The Morgan fingerprint density at radius 3 is 2.94 bits per heavy atom. The van der Waals surface area contributed by atoms with Crippen molar-refractivity contribution >= 4 is 33.4 Å². The summed E-state index contributed by atoms with van der Waals surface area (Å²) in [4.78, 5) is 11.7. The van der Waals surface area contributed by atoms with Gasteiger partial charge in [-0.2, -0.15) is 0 Å². The lowest BCUT2D eigenvalue weighted by Gasteiger charge is -2.08. The number of halogens is 2. The summed E-state index contributed by atoms with van der Waals surface area (Å²) in [5, 5.41) is 2.99. The summed E-state index contributed by atoms with van der Waals surface area (Å²) in [6, 6.07) is 7.32. The molecule has 0 aliphatic heterocycles. The molecular formula is C12H15BrClNO. The van der Waals surface area contributed by atoms with Crippen LogP contribution >= 0.6 is 27.5 Å². The van der Waals surface area contributed by atoms with Gasteiger partial charge in [0.15, 0.2) is 0 Å². The second kappa shape index (κ2) is 6.92. The molecule has 0 aliphatic carbocycles. The van der Waals surface area contributed by atoms with E-state index < -0.39 is 0 Å². The third kappa shape index (κ3) is 4.54. The summed E-state index contributed by atoms with van der Waals surface area (Å²) in [7, 11) is 0. The number of amides is 1. The van der Waals surface area contributed by atoms with Gasteiger partial charge in [0.2, 0.25) is 0 Å². The number of alkyl halides is 1. The second-order valence-electron chi connectivity index (χ2n) is 3.56. The second-order valence-corrected chi connectivity index (χ2v) is 5.09. The number of nitrogens with one attached hydrogen (secondary N) is 1. The molecule has 1 aromatic rings. The highest BCUT2D eigenvalue weighted by atomic mass is 79.9. The molecule has 88 valence electrons. The van der Waals surface area contributed by atoms with Crippen LogP contribution in [0.3, 0.4) is 0 Å². The van der Waals surface area contributed by atoms with E-state index in [1.54, 1.807) is 12.1 Å². The molecule has 1 rings (SSSR count). The number of benzene rings is 1. The van der Waals surface area contributed by atoms with Crippen molar-refractivity contribution in [2.75, 3.05) is 6.54 Å². The van der Waals surface area contributed by atoms with E-state index >= 15 is 0 Å². The van der Waals surface area contributed by atoms with Crippen LogP contribution in [-0.2, 0) is 0 Å². The monoisotopic (exact) mass is 303 g/mol. The summed E-state index contributed by atoms with van der Waals surface area (Å²) in [6.45, 7) is 2.65. The lowest BCUT2D eigenvalue weighted by atomic mass is 10.2. The predicted molar refractivity (Wildman–Crippen MR) is 71.0 cm³/mol. The number of rotatable bonds is 5. The summed E-state index contributed by atoms with van der Waals surface area (Å²) in [6.07, 6.45) is 1.73. The van der Waals surface area contributed by atoms with Gasteiger partial charge < -0.3 is 5.32 Å². The minimum Gasteiger partial charge on any atom is -0.352 e. The van der Waals surface area contributed by atoms with E-state index in [1.165, 1.54) is 0 Å². The van der Waals surface area contributed by atoms with E-state index in [2.05, 4.69) is 21.2 Å². The Morgan fingerprint density at radius 1 is 1.56 bits per heavy atom. The van der Waals surface area contributed by atoms with Gasteiger partial charge in [0, 0.05) is 22.0 Å². The molecule has 0 saturated carbocycles. The number of carbonyl (C=O) groups is 1. The van der Waals surface area contributed by atoms with Crippen LogP contribution in [0.5, 0.6) is 0 Å². The molecule has 0 saturated heterocycles. The molecule has 1 N–H and O–H groups in total. The molecule has 2 nitrogen and oxygen atoms in total. The molecule has 0 spiro atoms. The van der Waals surface area contributed by atoms with Crippen LogP contribution in [0.15, 0.2) is 28.7 Å². The molecule has 1 atom stereocenters. The molecule has 0 bridgehead atoms. The molecule has 1 aromatic carbocycles. The van der Waals surface area contributed by atoms with Gasteiger partial charge in [0.1, 0.15) is 0 Å². The van der Waals surface area contributed by atoms with Gasteiger partial charge in [-0.3, -0.25) is 4.79 Å². The molecule has 0 fully saturated rings. The maximum atomic E-state index is 11.7. The van der Waals surface area contributed by atoms with Crippen LogP contribution in [0.25, 0.3) is 0 Å². The first kappa shape index (κ1) is 13.5. The smallest absolute Gasteiger partial charge is 0.251 e. The summed E-state index contributed by atoms with van der Waals surface area (Å²) < 4.78 is 0.906. The summed E-state index contributed by atoms with van der Waals surface area (Å²) >= 11 is 9.29. The fraction of sp³-hybridized carbons (Fsp3) is 0.417. The minimum absolute atomic E-state index is 0.0544. The van der Waals surface area contributed by atoms with Gasteiger partial charge in [-0.05, 0) is 31.0 Å².